The van der Waals surface area contributed by atoms with E-state index in [1.165, 1.54) is 19.3 Å². The Morgan fingerprint density at radius 2 is 1.80 bits per heavy atom. The van der Waals surface area contributed by atoms with Gasteiger partial charge in [-0.05, 0) is 25.5 Å². The second-order valence-electron chi connectivity index (χ2n) is 5.44. The van der Waals surface area contributed by atoms with Crippen molar-refractivity contribution in [1.82, 2.24) is 4.31 Å². The highest BCUT2D eigenvalue weighted by Crippen LogP contribution is 2.42. The van der Waals surface area contributed by atoms with Crippen LogP contribution in [0.1, 0.15) is 44.6 Å². The van der Waals surface area contributed by atoms with Gasteiger partial charge in [-0.25, -0.2) is 8.42 Å². The highest BCUT2D eigenvalue weighted by Gasteiger charge is 2.53. The van der Waals surface area contributed by atoms with Gasteiger partial charge in [0.25, 0.3) is 0 Å². The molecule has 1 aliphatic rings. The zero-order valence-corrected chi connectivity index (χ0v) is 15.0. The maximum Gasteiger partial charge on any atom is 0.244 e. The minimum atomic E-state index is -3.30. The van der Waals surface area contributed by atoms with Crippen LogP contribution in [0.5, 0.6) is 0 Å². The van der Waals surface area contributed by atoms with Gasteiger partial charge in [0.15, 0.2) is 0 Å². The van der Waals surface area contributed by atoms with Crippen molar-refractivity contribution in [2.75, 3.05) is 0 Å². The maximum absolute atomic E-state index is 12.5. The molecule has 2 rings (SSSR count). The van der Waals surface area contributed by atoms with E-state index in [0.29, 0.717) is 4.90 Å². The molecule has 0 saturated carbocycles. The van der Waals surface area contributed by atoms with Crippen molar-refractivity contribution in [3.63, 3.8) is 0 Å². The van der Waals surface area contributed by atoms with Gasteiger partial charge in [0.1, 0.15) is 0 Å². The minimum absolute atomic E-state index is 0.125. The van der Waals surface area contributed by atoms with Crippen LogP contribution in [0, 0.1) is 6.92 Å². The molecule has 112 valence electrons. The largest absolute Gasteiger partial charge is 0.244 e. The first kappa shape index (κ1) is 16.2. The molecule has 1 saturated heterocycles. The predicted molar refractivity (Wildman–Crippen MR) is 90.6 cm³/mol. The molecule has 0 aliphatic carbocycles. The number of hydrogen-bond acceptors (Lipinski definition) is 2. The number of benzene rings is 1. The lowest BCUT2D eigenvalue weighted by molar-refractivity contribution is 0.537. The molecule has 0 bridgehead atoms. The Morgan fingerprint density at radius 3 is 2.40 bits per heavy atom. The second-order valence-corrected chi connectivity index (χ2v) is 8.56. The topological polar surface area (TPSA) is 37.1 Å². The van der Waals surface area contributed by atoms with E-state index >= 15 is 0 Å². The maximum atomic E-state index is 12.5. The Bertz CT molecular complexity index is 541. The summed E-state index contributed by atoms with van der Waals surface area (Å²) in [6.45, 7) is 4.15. The van der Waals surface area contributed by atoms with Crippen molar-refractivity contribution in [1.29, 1.82) is 0 Å². The number of sulfonamides is 1. The van der Waals surface area contributed by atoms with Crippen molar-refractivity contribution in [3.05, 3.63) is 29.8 Å². The molecule has 0 amide bonds. The lowest BCUT2D eigenvalue weighted by atomic mass is 10.1. The third-order valence-corrected chi connectivity index (χ3v) is 7.48. The van der Waals surface area contributed by atoms with Crippen LogP contribution in [-0.4, -0.2) is 22.8 Å². The van der Waals surface area contributed by atoms with Gasteiger partial charge in [-0.2, -0.15) is 4.31 Å². The normalized spacial score (nSPS) is 25.6. The van der Waals surface area contributed by atoms with Crippen LogP contribution < -0.4 is 0 Å². The first-order valence-corrected chi connectivity index (χ1v) is 9.91. The van der Waals surface area contributed by atoms with Crippen molar-refractivity contribution >= 4 is 32.6 Å². The van der Waals surface area contributed by atoms with E-state index in [2.05, 4.69) is 29.5 Å². The Kier molecular flexibility index (Phi) is 5.48. The van der Waals surface area contributed by atoms with E-state index in [0.717, 1.165) is 18.4 Å². The summed E-state index contributed by atoms with van der Waals surface area (Å²) in [5.74, 6) is 0. The molecule has 20 heavy (non-hydrogen) atoms. The standard InChI is InChI=1S/C15H22INO2S/c1-3-4-5-6-7-14-15(16)17(14)20(18,19)13-10-8-12(2)9-11-13/h8-11,14-15H,3-7H2,1-2H3/t14-,15-,17?/m1/s1. The van der Waals surface area contributed by atoms with E-state index in [1.54, 1.807) is 16.4 Å². The van der Waals surface area contributed by atoms with Crippen LogP contribution in [0.4, 0.5) is 0 Å². The van der Waals surface area contributed by atoms with Crippen molar-refractivity contribution in [2.45, 2.75) is 60.9 Å². The monoisotopic (exact) mass is 407 g/mol. The van der Waals surface area contributed by atoms with Crippen LogP contribution in [0.25, 0.3) is 0 Å². The van der Waals surface area contributed by atoms with Gasteiger partial charge in [-0.3, -0.25) is 0 Å². The van der Waals surface area contributed by atoms with E-state index in [-0.39, 0.29) is 10.1 Å². The third kappa shape index (κ3) is 3.54. The lowest BCUT2D eigenvalue weighted by Crippen LogP contribution is -2.15. The highest BCUT2D eigenvalue weighted by atomic mass is 127. The molecule has 3 atom stereocenters. The highest BCUT2D eigenvalue weighted by molar-refractivity contribution is 14.1. The van der Waals surface area contributed by atoms with Gasteiger partial charge >= 0.3 is 0 Å². The zero-order chi connectivity index (χ0) is 14.8. The molecule has 0 spiro atoms. The Balaban J connectivity index is 1.99. The molecule has 5 heteroatoms. The number of alkyl halides is 1. The first-order valence-electron chi connectivity index (χ1n) is 7.22. The summed E-state index contributed by atoms with van der Waals surface area (Å²) < 4.78 is 26.9. The average Bonchev–Trinajstić information content (AvgIpc) is 3.06. The van der Waals surface area contributed by atoms with Gasteiger partial charge in [0.05, 0.1) is 15.0 Å². The molecular formula is C15H22INO2S. The smallest absolute Gasteiger partial charge is 0.207 e. The van der Waals surface area contributed by atoms with Crippen LogP contribution in [0.15, 0.2) is 29.2 Å². The molecule has 0 aromatic heterocycles. The fourth-order valence-electron chi connectivity index (χ4n) is 2.41. The molecule has 1 aliphatic heterocycles. The quantitative estimate of drug-likeness (QED) is 0.224. The van der Waals surface area contributed by atoms with E-state index in [9.17, 15) is 8.42 Å². The number of aryl methyl sites for hydroxylation is 1. The number of hydrogen-bond donors (Lipinski definition) is 0. The zero-order valence-electron chi connectivity index (χ0n) is 12.0. The number of unbranched alkanes of at least 4 members (excludes halogenated alkanes) is 3. The Labute approximate surface area is 135 Å². The predicted octanol–water partition coefficient (Wildman–Crippen LogP) is 4.10. The van der Waals surface area contributed by atoms with Crippen molar-refractivity contribution < 1.29 is 8.42 Å². The minimum Gasteiger partial charge on any atom is -0.207 e. The lowest BCUT2D eigenvalue weighted by Gasteiger charge is -2.06. The fourth-order valence-corrected chi connectivity index (χ4v) is 6.12. The van der Waals surface area contributed by atoms with E-state index < -0.39 is 10.0 Å². The van der Waals surface area contributed by atoms with Gasteiger partial charge < -0.3 is 0 Å². The summed E-state index contributed by atoms with van der Waals surface area (Å²) in [6, 6.07) is 7.32. The molecule has 3 nitrogen and oxygen atoms in total. The summed E-state index contributed by atoms with van der Waals surface area (Å²) in [5.41, 5.74) is 1.08. The van der Waals surface area contributed by atoms with Crippen LogP contribution in [0.3, 0.4) is 0 Å². The molecule has 1 fully saturated rings. The third-order valence-electron chi connectivity index (χ3n) is 3.75. The van der Waals surface area contributed by atoms with Crippen molar-refractivity contribution in [2.24, 2.45) is 0 Å². The Hall–Kier alpha value is -0.140. The number of nitrogens with zero attached hydrogens (tertiary/aromatic N) is 1. The first-order chi connectivity index (χ1) is 9.48. The number of halogens is 1. The summed E-state index contributed by atoms with van der Waals surface area (Å²) in [4.78, 5) is 0.417. The van der Waals surface area contributed by atoms with Gasteiger partial charge in [-0.15, -0.1) is 0 Å². The molecular weight excluding hydrogens is 385 g/mol. The summed E-state index contributed by atoms with van der Waals surface area (Å²) >= 11 is 2.25. The molecule has 1 aromatic rings. The van der Waals surface area contributed by atoms with Gasteiger partial charge in [0, 0.05) is 0 Å². The van der Waals surface area contributed by atoms with Gasteiger partial charge in [-0.1, -0.05) is 72.9 Å². The van der Waals surface area contributed by atoms with Crippen LogP contribution in [-0.2, 0) is 10.0 Å². The molecule has 1 heterocycles. The SMILES string of the molecule is CCCCCC[C@@H]1[C@H](I)N1S(=O)(=O)c1ccc(C)cc1. The second kappa shape index (κ2) is 6.75. The molecule has 1 unspecified atom stereocenters. The Morgan fingerprint density at radius 1 is 1.15 bits per heavy atom. The number of rotatable bonds is 7. The molecule has 0 N–H and O–H groups in total. The fraction of sp³-hybridized carbons (Fsp3) is 0.600. The average molecular weight is 407 g/mol. The van der Waals surface area contributed by atoms with Crippen LogP contribution in [0.2, 0.25) is 0 Å². The van der Waals surface area contributed by atoms with Gasteiger partial charge in [0.2, 0.25) is 10.0 Å². The summed E-state index contributed by atoms with van der Waals surface area (Å²) in [5, 5.41) is 0. The molecule has 1 aromatic carbocycles. The van der Waals surface area contributed by atoms with Crippen LogP contribution >= 0.6 is 22.6 Å². The summed E-state index contributed by atoms with van der Waals surface area (Å²) in [6.07, 6.45) is 5.76. The molecule has 0 radical (unpaired) electrons. The summed E-state index contributed by atoms with van der Waals surface area (Å²) in [7, 11) is -3.30. The van der Waals surface area contributed by atoms with E-state index in [4.69, 9.17) is 0 Å². The van der Waals surface area contributed by atoms with Crippen molar-refractivity contribution in [3.8, 4) is 0 Å². The van der Waals surface area contributed by atoms with E-state index in [1.807, 2.05) is 19.1 Å².